The Labute approximate surface area is 119 Å². The van der Waals surface area contributed by atoms with Crippen LogP contribution >= 0.6 is 11.6 Å². The summed E-state index contributed by atoms with van der Waals surface area (Å²) < 4.78 is 52.2. The second-order valence-corrected chi connectivity index (χ2v) is 5.38. The molecular weight excluding hydrogens is 296 g/mol. The second-order valence-electron chi connectivity index (χ2n) is 4.97. The molecule has 1 atom stereocenters. The third kappa shape index (κ3) is 3.24. The molecule has 1 aliphatic heterocycles. The molecule has 0 aliphatic carbocycles. The van der Waals surface area contributed by atoms with Gasteiger partial charge in [-0.1, -0.05) is 11.6 Å². The Hall–Kier alpha value is -0.850. The molecular formula is C13H15ClF4N2. The lowest BCUT2D eigenvalue weighted by molar-refractivity contribution is -0.137. The van der Waals surface area contributed by atoms with Crippen molar-refractivity contribution >= 4 is 11.6 Å². The highest BCUT2D eigenvalue weighted by atomic mass is 35.5. The molecule has 0 radical (unpaired) electrons. The third-order valence-corrected chi connectivity index (χ3v) is 3.91. The fourth-order valence-electron chi connectivity index (χ4n) is 2.47. The van der Waals surface area contributed by atoms with Crippen LogP contribution in [0.2, 0.25) is 5.02 Å². The quantitative estimate of drug-likeness (QED) is 0.821. The van der Waals surface area contributed by atoms with Gasteiger partial charge in [0.25, 0.3) is 0 Å². The molecule has 112 valence electrons. The van der Waals surface area contributed by atoms with Crippen LogP contribution < -0.4 is 11.1 Å². The van der Waals surface area contributed by atoms with E-state index < -0.39 is 28.6 Å². The Morgan fingerprint density at radius 2 is 1.85 bits per heavy atom. The number of hydrogen-bond acceptors (Lipinski definition) is 2. The van der Waals surface area contributed by atoms with Crippen LogP contribution in [0.25, 0.3) is 0 Å². The zero-order chi connectivity index (χ0) is 14.9. The van der Waals surface area contributed by atoms with Gasteiger partial charge in [0.15, 0.2) is 0 Å². The zero-order valence-electron chi connectivity index (χ0n) is 10.6. The van der Waals surface area contributed by atoms with E-state index in [1.807, 2.05) is 0 Å². The number of nitrogens with one attached hydrogen (secondary N) is 1. The van der Waals surface area contributed by atoms with E-state index in [1.165, 1.54) is 0 Å². The number of halogens is 5. The van der Waals surface area contributed by atoms with Crippen molar-refractivity contribution in [3.05, 3.63) is 34.1 Å². The number of piperidine rings is 1. The lowest BCUT2D eigenvalue weighted by atomic mass is 9.86. The summed E-state index contributed by atoms with van der Waals surface area (Å²) in [6.45, 7) is 1.46. The molecule has 0 unspecified atom stereocenters. The summed E-state index contributed by atoms with van der Waals surface area (Å²) in [5, 5.41) is 2.58. The average Bonchev–Trinajstić information content (AvgIpc) is 2.40. The van der Waals surface area contributed by atoms with Gasteiger partial charge in [-0.25, -0.2) is 4.39 Å². The van der Waals surface area contributed by atoms with Gasteiger partial charge in [0.05, 0.1) is 10.6 Å². The first-order valence-electron chi connectivity index (χ1n) is 6.33. The van der Waals surface area contributed by atoms with Crippen LogP contribution in [0.5, 0.6) is 0 Å². The molecule has 0 aromatic heterocycles. The molecule has 1 fully saturated rings. The fourth-order valence-corrected chi connectivity index (χ4v) is 2.70. The summed E-state index contributed by atoms with van der Waals surface area (Å²) in [4.78, 5) is 0. The third-order valence-electron chi connectivity index (χ3n) is 3.63. The summed E-state index contributed by atoms with van der Waals surface area (Å²) in [6, 6.07) is 0.584. The number of nitrogens with two attached hydrogens (primary N) is 1. The first kappa shape index (κ1) is 15.5. The van der Waals surface area contributed by atoms with Gasteiger partial charge in [0, 0.05) is 11.6 Å². The molecule has 20 heavy (non-hydrogen) atoms. The van der Waals surface area contributed by atoms with Gasteiger partial charge < -0.3 is 11.1 Å². The second kappa shape index (κ2) is 5.87. The highest BCUT2D eigenvalue weighted by Gasteiger charge is 2.34. The van der Waals surface area contributed by atoms with E-state index in [0.717, 1.165) is 19.2 Å². The summed E-state index contributed by atoms with van der Waals surface area (Å²) >= 11 is 5.57. The molecule has 1 saturated heterocycles. The molecule has 0 amide bonds. The monoisotopic (exact) mass is 310 g/mol. The Morgan fingerprint density at radius 1 is 1.25 bits per heavy atom. The van der Waals surface area contributed by atoms with Crippen molar-refractivity contribution < 1.29 is 17.6 Å². The van der Waals surface area contributed by atoms with Gasteiger partial charge in [0.1, 0.15) is 5.82 Å². The normalized spacial score (nSPS) is 19.1. The number of rotatable bonds is 2. The minimum absolute atomic E-state index is 0.0506. The molecule has 0 bridgehead atoms. The van der Waals surface area contributed by atoms with Crippen LogP contribution in [0.1, 0.15) is 30.0 Å². The Balaban J connectivity index is 2.36. The van der Waals surface area contributed by atoms with E-state index in [0.29, 0.717) is 18.9 Å². The van der Waals surface area contributed by atoms with Crippen molar-refractivity contribution in [3.8, 4) is 0 Å². The number of benzene rings is 1. The van der Waals surface area contributed by atoms with Crippen molar-refractivity contribution in [2.75, 3.05) is 13.1 Å². The van der Waals surface area contributed by atoms with Gasteiger partial charge in [-0.3, -0.25) is 0 Å². The molecule has 1 aromatic carbocycles. The summed E-state index contributed by atoms with van der Waals surface area (Å²) in [6.07, 6.45) is -3.16. The minimum Gasteiger partial charge on any atom is -0.324 e. The van der Waals surface area contributed by atoms with Crippen molar-refractivity contribution in [2.24, 2.45) is 11.7 Å². The van der Waals surface area contributed by atoms with Gasteiger partial charge in [-0.05, 0) is 44.0 Å². The summed E-state index contributed by atoms with van der Waals surface area (Å²) in [5.74, 6) is -0.906. The van der Waals surface area contributed by atoms with E-state index >= 15 is 0 Å². The van der Waals surface area contributed by atoms with Crippen molar-refractivity contribution in [2.45, 2.75) is 25.1 Å². The molecule has 0 spiro atoms. The standard InChI is InChI=1S/C13H15ClF4N2/c14-10-6-8(13(16,17)18)5-9(11(10)15)12(19)7-1-3-20-4-2-7/h5-7,12,20H,1-4,19H2/t12-/m1/s1. The topological polar surface area (TPSA) is 38.0 Å². The Morgan fingerprint density at radius 3 is 2.40 bits per heavy atom. The molecule has 2 nitrogen and oxygen atoms in total. The van der Waals surface area contributed by atoms with Gasteiger partial charge in [-0.15, -0.1) is 0 Å². The van der Waals surface area contributed by atoms with Crippen LogP contribution in [-0.4, -0.2) is 13.1 Å². The Kier molecular flexibility index (Phi) is 4.56. The largest absolute Gasteiger partial charge is 0.416 e. The van der Waals surface area contributed by atoms with E-state index in [2.05, 4.69) is 5.32 Å². The van der Waals surface area contributed by atoms with Crippen molar-refractivity contribution in [1.29, 1.82) is 0 Å². The minimum atomic E-state index is -4.57. The number of alkyl halides is 3. The van der Waals surface area contributed by atoms with Crippen LogP contribution in [0, 0.1) is 11.7 Å². The SMILES string of the molecule is N[C@@H](c1cc(C(F)(F)F)cc(Cl)c1F)C1CCNCC1. The van der Waals surface area contributed by atoms with Crippen LogP contribution in [0.4, 0.5) is 17.6 Å². The fraction of sp³-hybridized carbons (Fsp3) is 0.538. The smallest absolute Gasteiger partial charge is 0.324 e. The molecule has 2 rings (SSSR count). The molecule has 3 N–H and O–H groups in total. The van der Waals surface area contributed by atoms with E-state index in [4.69, 9.17) is 17.3 Å². The predicted octanol–water partition coefficient (Wildman–Crippen LogP) is 3.50. The lowest BCUT2D eigenvalue weighted by Gasteiger charge is -2.29. The van der Waals surface area contributed by atoms with Gasteiger partial charge in [0.2, 0.25) is 0 Å². The number of hydrogen-bond donors (Lipinski definition) is 2. The predicted molar refractivity (Wildman–Crippen MR) is 68.9 cm³/mol. The van der Waals surface area contributed by atoms with E-state index in [-0.39, 0.29) is 11.5 Å². The molecule has 7 heteroatoms. The van der Waals surface area contributed by atoms with E-state index in [1.54, 1.807) is 0 Å². The highest BCUT2D eigenvalue weighted by Crippen LogP contribution is 2.37. The van der Waals surface area contributed by atoms with Crippen LogP contribution in [0.15, 0.2) is 12.1 Å². The van der Waals surface area contributed by atoms with E-state index in [9.17, 15) is 17.6 Å². The molecule has 1 heterocycles. The first-order chi connectivity index (χ1) is 9.30. The zero-order valence-corrected chi connectivity index (χ0v) is 11.4. The first-order valence-corrected chi connectivity index (χ1v) is 6.71. The van der Waals surface area contributed by atoms with Gasteiger partial charge in [-0.2, -0.15) is 13.2 Å². The molecule has 0 saturated carbocycles. The van der Waals surface area contributed by atoms with Crippen molar-refractivity contribution in [3.63, 3.8) is 0 Å². The van der Waals surface area contributed by atoms with Gasteiger partial charge >= 0.3 is 6.18 Å². The summed E-state index contributed by atoms with van der Waals surface area (Å²) in [7, 11) is 0. The highest BCUT2D eigenvalue weighted by molar-refractivity contribution is 6.30. The van der Waals surface area contributed by atoms with Crippen molar-refractivity contribution in [1.82, 2.24) is 5.32 Å². The Bertz CT molecular complexity index is 484. The lowest BCUT2D eigenvalue weighted by Crippen LogP contribution is -2.34. The van der Waals surface area contributed by atoms with Crippen LogP contribution in [-0.2, 0) is 6.18 Å². The average molecular weight is 311 g/mol. The molecule has 1 aliphatic rings. The summed E-state index contributed by atoms with van der Waals surface area (Å²) in [5.41, 5.74) is 4.83. The maximum Gasteiger partial charge on any atom is 0.416 e. The maximum atomic E-state index is 14.0. The van der Waals surface area contributed by atoms with Crippen LogP contribution in [0.3, 0.4) is 0 Å². The molecule has 1 aromatic rings. The maximum absolute atomic E-state index is 14.0.